The van der Waals surface area contributed by atoms with Crippen LogP contribution >= 0.6 is 11.3 Å². The molecule has 0 spiro atoms. The van der Waals surface area contributed by atoms with E-state index in [4.69, 9.17) is 9.26 Å². The third-order valence-electron chi connectivity index (χ3n) is 4.11. The maximum atomic E-state index is 5.71. The van der Waals surface area contributed by atoms with Gasteiger partial charge >= 0.3 is 0 Å². The van der Waals surface area contributed by atoms with Crippen molar-refractivity contribution in [1.82, 2.24) is 15.1 Å². The highest BCUT2D eigenvalue weighted by molar-refractivity contribution is 7.09. The summed E-state index contributed by atoms with van der Waals surface area (Å²) in [7, 11) is 0. The second-order valence-electron chi connectivity index (χ2n) is 6.17. The van der Waals surface area contributed by atoms with Gasteiger partial charge in [0, 0.05) is 16.5 Å². The Balaban J connectivity index is 1.44. The molecule has 4 rings (SSSR count). The van der Waals surface area contributed by atoms with Crippen molar-refractivity contribution in [2.24, 2.45) is 0 Å². The van der Waals surface area contributed by atoms with Crippen LogP contribution in [0.3, 0.4) is 0 Å². The van der Waals surface area contributed by atoms with Crippen LogP contribution in [0.25, 0.3) is 22.6 Å². The van der Waals surface area contributed by atoms with Crippen molar-refractivity contribution in [3.63, 3.8) is 0 Å². The molecule has 5 nitrogen and oxygen atoms in total. The van der Waals surface area contributed by atoms with Crippen LogP contribution in [0.1, 0.15) is 23.4 Å². The maximum Gasteiger partial charge on any atom is 0.264 e. The van der Waals surface area contributed by atoms with Crippen LogP contribution < -0.4 is 4.74 Å². The zero-order chi connectivity index (χ0) is 18.6. The van der Waals surface area contributed by atoms with Crippen LogP contribution in [0.5, 0.6) is 5.75 Å². The SMILES string of the molecule is CCc1nc(-c2ccc(-c3noc(COc4cccc(C)c4)n3)cc2)cs1. The van der Waals surface area contributed by atoms with E-state index in [-0.39, 0.29) is 6.61 Å². The molecule has 0 atom stereocenters. The van der Waals surface area contributed by atoms with Crippen molar-refractivity contribution in [2.75, 3.05) is 0 Å². The number of hydrogen-bond acceptors (Lipinski definition) is 6. The van der Waals surface area contributed by atoms with Crippen molar-refractivity contribution < 1.29 is 9.26 Å². The second-order valence-corrected chi connectivity index (χ2v) is 7.12. The summed E-state index contributed by atoms with van der Waals surface area (Å²) in [5, 5.41) is 7.29. The summed E-state index contributed by atoms with van der Waals surface area (Å²) in [6.07, 6.45) is 0.957. The second kappa shape index (κ2) is 7.72. The van der Waals surface area contributed by atoms with Gasteiger partial charge in [-0.3, -0.25) is 0 Å². The third kappa shape index (κ3) is 4.06. The molecule has 0 N–H and O–H groups in total. The van der Waals surface area contributed by atoms with Crippen molar-refractivity contribution in [1.29, 1.82) is 0 Å². The fraction of sp³-hybridized carbons (Fsp3) is 0.190. The Labute approximate surface area is 161 Å². The van der Waals surface area contributed by atoms with Gasteiger partial charge in [-0.15, -0.1) is 11.3 Å². The van der Waals surface area contributed by atoms with Crippen molar-refractivity contribution in [3.05, 3.63) is 70.4 Å². The van der Waals surface area contributed by atoms with E-state index in [1.807, 2.05) is 55.5 Å². The van der Waals surface area contributed by atoms with Gasteiger partial charge in [0.1, 0.15) is 5.75 Å². The highest BCUT2D eigenvalue weighted by Crippen LogP contribution is 2.25. The normalized spacial score (nSPS) is 10.9. The van der Waals surface area contributed by atoms with E-state index in [0.29, 0.717) is 11.7 Å². The average molecular weight is 377 g/mol. The van der Waals surface area contributed by atoms with Gasteiger partial charge in [-0.05, 0) is 31.0 Å². The lowest BCUT2D eigenvalue weighted by molar-refractivity contribution is 0.243. The van der Waals surface area contributed by atoms with E-state index in [9.17, 15) is 0 Å². The summed E-state index contributed by atoms with van der Waals surface area (Å²) in [5.41, 5.74) is 4.13. The van der Waals surface area contributed by atoms with Gasteiger partial charge in [0.2, 0.25) is 5.82 Å². The molecule has 2 aromatic heterocycles. The number of hydrogen-bond donors (Lipinski definition) is 0. The molecule has 0 fully saturated rings. The molecule has 136 valence electrons. The van der Waals surface area contributed by atoms with E-state index in [1.165, 1.54) is 0 Å². The molecule has 0 radical (unpaired) electrons. The number of thiazole rings is 1. The molecule has 6 heteroatoms. The van der Waals surface area contributed by atoms with Crippen LogP contribution in [0.2, 0.25) is 0 Å². The topological polar surface area (TPSA) is 61.0 Å². The number of ether oxygens (including phenoxy) is 1. The summed E-state index contributed by atoms with van der Waals surface area (Å²) in [5.74, 6) is 1.79. The van der Waals surface area contributed by atoms with E-state index < -0.39 is 0 Å². The first kappa shape index (κ1) is 17.4. The molecule has 0 bridgehead atoms. The average Bonchev–Trinajstić information content (AvgIpc) is 3.36. The maximum absolute atomic E-state index is 5.71. The Morgan fingerprint density at radius 3 is 2.59 bits per heavy atom. The molecular weight excluding hydrogens is 358 g/mol. The van der Waals surface area contributed by atoms with E-state index in [2.05, 4.69) is 27.4 Å². The number of aromatic nitrogens is 3. The van der Waals surface area contributed by atoms with E-state index in [0.717, 1.165) is 39.6 Å². The monoisotopic (exact) mass is 377 g/mol. The van der Waals surface area contributed by atoms with E-state index >= 15 is 0 Å². The first-order valence-electron chi connectivity index (χ1n) is 8.78. The molecule has 27 heavy (non-hydrogen) atoms. The van der Waals surface area contributed by atoms with Gasteiger partial charge in [-0.25, -0.2) is 4.98 Å². The summed E-state index contributed by atoms with van der Waals surface area (Å²) < 4.78 is 11.0. The predicted octanol–water partition coefficient (Wildman–Crippen LogP) is 5.31. The van der Waals surface area contributed by atoms with Crippen molar-refractivity contribution in [2.45, 2.75) is 26.9 Å². The summed E-state index contributed by atoms with van der Waals surface area (Å²) in [6, 6.07) is 15.9. The largest absolute Gasteiger partial charge is 0.484 e. The molecular formula is C21H19N3O2S. The predicted molar refractivity (Wildman–Crippen MR) is 106 cm³/mol. The summed E-state index contributed by atoms with van der Waals surface area (Å²) in [6.45, 7) is 4.38. The lowest BCUT2D eigenvalue weighted by Gasteiger charge is -2.03. The molecule has 0 aliphatic rings. The van der Waals surface area contributed by atoms with Gasteiger partial charge in [0.05, 0.1) is 10.7 Å². The quantitative estimate of drug-likeness (QED) is 0.456. The Kier molecular flexibility index (Phi) is 4.98. The highest BCUT2D eigenvalue weighted by atomic mass is 32.1. The van der Waals surface area contributed by atoms with Crippen LogP contribution in [-0.2, 0) is 13.0 Å². The first-order chi connectivity index (χ1) is 13.2. The standard InChI is InChI=1S/C21H19N3O2S/c1-3-20-22-18(13-27-20)15-7-9-16(10-8-15)21-23-19(26-24-21)12-25-17-6-4-5-14(2)11-17/h4-11,13H,3,12H2,1-2H3. The minimum Gasteiger partial charge on any atom is -0.484 e. The molecule has 0 amide bonds. The fourth-order valence-electron chi connectivity index (χ4n) is 2.68. The minimum absolute atomic E-state index is 0.243. The number of nitrogens with zero attached hydrogens (tertiary/aromatic N) is 3. The highest BCUT2D eigenvalue weighted by Gasteiger charge is 2.10. The lowest BCUT2D eigenvalue weighted by Crippen LogP contribution is -1.95. The Morgan fingerprint density at radius 2 is 1.85 bits per heavy atom. The fourth-order valence-corrected chi connectivity index (χ4v) is 3.43. The van der Waals surface area contributed by atoms with Gasteiger partial charge in [-0.1, -0.05) is 48.5 Å². The number of rotatable bonds is 6. The van der Waals surface area contributed by atoms with Gasteiger partial charge in [0.15, 0.2) is 6.61 Å². The Bertz CT molecular complexity index is 1040. The minimum atomic E-state index is 0.243. The smallest absolute Gasteiger partial charge is 0.264 e. The summed E-state index contributed by atoms with van der Waals surface area (Å²) in [4.78, 5) is 9.04. The summed E-state index contributed by atoms with van der Waals surface area (Å²) >= 11 is 1.69. The van der Waals surface area contributed by atoms with Crippen molar-refractivity contribution in [3.8, 4) is 28.4 Å². The van der Waals surface area contributed by atoms with Crippen LogP contribution in [0.4, 0.5) is 0 Å². The lowest BCUT2D eigenvalue weighted by atomic mass is 10.1. The van der Waals surface area contributed by atoms with Crippen LogP contribution in [0, 0.1) is 6.92 Å². The molecule has 0 aliphatic heterocycles. The Morgan fingerprint density at radius 1 is 1.04 bits per heavy atom. The molecule has 0 saturated heterocycles. The molecule has 0 saturated carbocycles. The zero-order valence-electron chi connectivity index (χ0n) is 15.2. The van der Waals surface area contributed by atoms with E-state index in [1.54, 1.807) is 11.3 Å². The van der Waals surface area contributed by atoms with Crippen LogP contribution in [0.15, 0.2) is 58.4 Å². The third-order valence-corrected chi connectivity index (χ3v) is 5.11. The zero-order valence-corrected chi connectivity index (χ0v) is 16.0. The molecule has 2 aromatic carbocycles. The molecule has 0 aliphatic carbocycles. The molecule has 4 aromatic rings. The van der Waals surface area contributed by atoms with Gasteiger partial charge in [0.25, 0.3) is 5.89 Å². The molecule has 2 heterocycles. The van der Waals surface area contributed by atoms with Gasteiger partial charge in [-0.2, -0.15) is 4.98 Å². The first-order valence-corrected chi connectivity index (χ1v) is 9.66. The van der Waals surface area contributed by atoms with Crippen molar-refractivity contribution >= 4 is 11.3 Å². The molecule has 0 unspecified atom stereocenters. The van der Waals surface area contributed by atoms with Crippen LogP contribution in [-0.4, -0.2) is 15.1 Å². The Hall–Kier alpha value is -2.99. The number of benzene rings is 2. The number of aryl methyl sites for hydroxylation is 2. The van der Waals surface area contributed by atoms with Gasteiger partial charge < -0.3 is 9.26 Å².